The SMILES string of the molecule is NC(=NO)c1ccc(CNCC2CC=CCC2)cc1. The van der Waals surface area contributed by atoms with Gasteiger partial charge in [-0.3, -0.25) is 0 Å². The first-order valence-electron chi connectivity index (χ1n) is 6.72. The maximum atomic E-state index is 8.59. The van der Waals surface area contributed by atoms with Crippen LogP contribution in [-0.2, 0) is 6.54 Å². The molecular weight excluding hydrogens is 238 g/mol. The van der Waals surface area contributed by atoms with Gasteiger partial charge in [0, 0.05) is 12.1 Å². The highest BCUT2D eigenvalue weighted by Gasteiger charge is 2.08. The zero-order chi connectivity index (χ0) is 13.5. The van der Waals surface area contributed by atoms with Crippen molar-refractivity contribution >= 4 is 5.84 Å². The van der Waals surface area contributed by atoms with Gasteiger partial charge in [-0.1, -0.05) is 41.6 Å². The summed E-state index contributed by atoms with van der Waals surface area (Å²) in [6.45, 7) is 1.92. The van der Waals surface area contributed by atoms with Crippen molar-refractivity contribution in [1.29, 1.82) is 0 Å². The van der Waals surface area contributed by atoms with Gasteiger partial charge < -0.3 is 16.3 Å². The fourth-order valence-corrected chi connectivity index (χ4v) is 2.31. The number of hydrogen-bond donors (Lipinski definition) is 3. The molecule has 1 aliphatic carbocycles. The van der Waals surface area contributed by atoms with Gasteiger partial charge in [-0.2, -0.15) is 0 Å². The predicted octanol–water partition coefficient (Wildman–Crippen LogP) is 2.23. The van der Waals surface area contributed by atoms with Crippen LogP contribution in [0.5, 0.6) is 0 Å². The Morgan fingerprint density at radius 1 is 1.32 bits per heavy atom. The normalized spacial score (nSPS) is 19.6. The van der Waals surface area contributed by atoms with Crippen molar-refractivity contribution in [3.63, 3.8) is 0 Å². The second kappa shape index (κ2) is 6.95. The molecule has 1 aliphatic rings. The van der Waals surface area contributed by atoms with Gasteiger partial charge in [-0.15, -0.1) is 0 Å². The van der Waals surface area contributed by atoms with Crippen LogP contribution < -0.4 is 11.1 Å². The third-order valence-electron chi connectivity index (χ3n) is 3.50. The summed E-state index contributed by atoms with van der Waals surface area (Å²) in [7, 11) is 0. The van der Waals surface area contributed by atoms with E-state index < -0.39 is 0 Å². The van der Waals surface area contributed by atoms with Gasteiger partial charge in [0.1, 0.15) is 0 Å². The van der Waals surface area contributed by atoms with Crippen molar-refractivity contribution in [3.05, 3.63) is 47.5 Å². The predicted molar refractivity (Wildman–Crippen MR) is 77.1 cm³/mol. The number of amidine groups is 1. The molecule has 1 atom stereocenters. The van der Waals surface area contributed by atoms with Crippen LogP contribution in [0.15, 0.2) is 41.6 Å². The Hall–Kier alpha value is -1.81. The zero-order valence-electron chi connectivity index (χ0n) is 11.0. The minimum Gasteiger partial charge on any atom is -0.409 e. The molecule has 1 unspecified atom stereocenters. The summed E-state index contributed by atoms with van der Waals surface area (Å²) < 4.78 is 0. The molecule has 19 heavy (non-hydrogen) atoms. The van der Waals surface area contributed by atoms with Crippen molar-refractivity contribution in [3.8, 4) is 0 Å². The molecule has 0 radical (unpaired) electrons. The van der Waals surface area contributed by atoms with Gasteiger partial charge in [0.25, 0.3) is 0 Å². The fraction of sp³-hybridized carbons (Fsp3) is 0.400. The van der Waals surface area contributed by atoms with Gasteiger partial charge in [0.2, 0.25) is 0 Å². The van der Waals surface area contributed by atoms with Crippen molar-refractivity contribution in [2.75, 3.05) is 6.54 Å². The van der Waals surface area contributed by atoms with Gasteiger partial charge >= 0.3 is 0 Å². The molecule has 102 valence electrons. The third kappa shape index (κ3) is 4.10. The molecule has 0 aliphatic heterocycles. The van der Waals surface area contributed by atoms with E-state index in [0.29, 0.717) is 0 Å². The minimum atomic E-state index is 0.147. The number of nitrogens with one attached hydrogen (secondary N) is 1. The number of allylic oxidation sites excluding steroid dienone is 2. The minimum absolute atomic E-state index is 0.147. The van der Waals surface area contributed by atoms with Gasteiger partial charge in [0.15, 0.2) is 5.84 Å². The number of hydrogen-bond acceptors (Lipinski definition) is 3. The molecule has 0 saturated carbocycles. The van der Waals surface area contributed by atoms with Gasteiger partial charge in [-0.05, 0) is 37.3 Å². The average molecular weight is 259 g/mol. The fourth-order valence-electron chi connectivity index (χ4n) is 2.31. The van der Waals surface area contributed by atoms with Crippen LogP contribution in [0.25, 0.3) is 0 Å². The summed E-state index contributed by atoms with van der Waals surface area (Å²) in [6, 6.07) is 7.74. The van der Waals surface area contributed by atoms with Crippen LogP contribution in [0.3, 0.4) is 0 Å². The Labute approximate surface area is 114 Å². The molecule has 0 spiro atoms. The molecule has 0 bridgehead atoms. The molecule has 0 heterocycles. The summed E-state index contributed by atoms with van der Waals surface area (Å²) in [5.74, 6) is 0.912. The molecule has 4 N–H and O–H groups in total. The molecule has 0 fully saturated rings. The molecular formula is C15H21N3O. The summed E-state index contributed by atoms with van der Waals surface area (Å²) in [5, 5.41) is 15.1. The lowest BCUT2D eigenvalue weighted by molar-refractivity contribution is 0.318. The van der Waals surface area contributed by atoms with Crippen molar-refractivity contribution in [1.82, 2.24) is 5.32 Å². The Morgan fingerprint density at radius 3 is 2.74 bits per heavy atom. The lowest BCUT2D eigenvalue weighted by Crippen LogP contribution is -2.23. The first kappa shape index (κ1) is 13.6. The van der Waals surface area contributed by atoms with Gasteiger partial charge in [-0.25, -0.2) is 0 Å². The van der Waals surface area contributed by atoms with Crippen LogP contribution in [0.2, 0.25) is 0 Å². The maximum Gasteiger partial charge on any atom is 0.170 e. The van der Waals surface area contributed by atoms with E-state index in [2.05, 4.69) is 22.6 Å². The average Bonchev–Trinajstić information content (AvgIpc) is 2.48. The standard InChI is InChI=1S/C15H21N3O/c16-15(18-19)14-8-6-13(7-9-14)11-17-10-12-4-2-1-3-5-12/h1-2,6-9,12,17,19H,3-5,10-11H2,(H2,16,18). The number of benzene rings is 1. The second-order valence-corrected chi connectivity index (χ2v) is 4.96. The Morgan fingerprint density at radius 2 is 2.11 bits per heavy atom. The molecule has 1 aromatic rings. The molecule has 2 rings (SSSR count). The van der Waals surface area contributed by atoms with E-state index in [1.54, 1.807) is 0 Å². The topological polar surface area (TPSA) is 70.6 Å². The third-order valence-corrected chi connectivity index (χ3v) is 3.50. The summed E-state index contributed by atoms with van der Waals surface area (Å²) in [4.78, 5) is 0. The Balaban J connectivity index is 1.78. The smallest absolute Gasteiger partial charge is 0.170 e. The highest BCUT2D eigenvalue weighted by atomic mass is 16.4. The highest BCUT2D eigenvalue weighted by molar-refractivity contribution is 5.96. The lowest BCUT2D eigenvalue weighted by atomic mass is 9.94. The Kier molecular flexibility index (Phi) is 4.98. The highest BCUT2D eigenvalue weighted by Crippen LogP contribution is 2.17. The largest absolute Gasteiger partial charge is 0.409 e. The molecule has 1 aromatic carbocycles. The molecule has 0 amide bonds. The van der Waals surface area contributed by atoms with Gasteiger partial charge in [0.05, 0.1) is 0 Å². The number of oxime groups is 1. The quantitative estimate of drug-likeness (QED) is 0.250. The first-order chi connectivity index (χ1) is 9.29. The number of nitrogens with two attached hydrogens (primary N) is 1. The van der Waals surface area contributed by atoms with Crippen molar-refractivity contribution < 1.29 is 5.21 Å². The first-order valence-corrected chi connectivity index (χ1v) is 6.72. The maximum absolute atomic E-state index is 8.59. The summed E-state index contributed by atoms with van der Waals surface area (Å²) in [5.41, 5.74) is 7.47. The van der Waals surface area contributed by atoms with Crippen molar-refractivity contribution in [2.24, 2.45) is 16.8 Å². The summed E-state index contributed by atoms with van der Waals surface area (Å²) >= 11 is 0. The zero-order valence-corrected chi connectivity index (χ0v) is 11.0. The van der Waals surface area contributed by atoms with Crippen LogP contribution in [-0.4, -0.2) is 17.6 Å². The van der Waals surface area contributed by atoms with Crippen LogP contribution in [0, 0.1) is 5.92 Å². The van der Waals surface area contributed by atoms with Crippen LogP contribution in [0.1, 0.15) is 30.4 Å². The van der Waals surface area contributed by atoms with E-state index >= 15 is 0 Å². The number of rotatable bonds is 5. The molecule has 0 aromatic heterocycles. The van der Waals surface area contributed by atoms with Crippen molar-refractivity contribution in [2.45, 2.75) is 25.8 Å². The summed E-state index contributed by atoms with van der Waals surface area (Å²) in [6.07, 6.45) is 8.23. The van der Waals surface area contributed by atoms with E-state index in [-0.39, 0.29) is 5.84 Å². The van der Waals surface area contributed by atoms with E-state index in [9.17, 15) is 0 Å². The second-order valence-electron chi connectivity index (χ2n) is 4.96. The monoisotopic (exact) mass is 259 g/mol. The molecule has 4 nitrogen and oxygen atoms in total. The molecule has 4 heteroatoms. The van der Waals surface area contributed by atoms with E-state index in [1.807, 2.05) is 24.3 Å². The van der Waals surface area contributed by atoms with E-state index in [1.165, 1.54) is 24.8 Å². The lowest BCUT2D eigenvalue weighted by Gasteiger charge is -2.18. The molecule has 0 saturated heterocycles. The van der Waals surface area contributed by atoms with Crippen LogP contribution >= 0.6 is 0 Å². The van der Waals surface area contributed by atoms with E-state index in [4.69, 9.17) is 10.9 Å². The number of nitrogens with zero attached hydrogens (tertiary/aromatic N) is 1. The van der Waals surface area contributed by atoms with Crippen LogP contribution in [0.4, 0.5) is 0 Å². The Bertz CT molecular complexity index is 451. The van der Waals surface area contributed by atoms with E-state index in [0.717, 1.165) is 24.6 Å².